The smallest absolute Gasteiger partial charge is 0.117 e. The van der Waals surface area contributed by atoms with E-state index in [9.17, 15) is 0 Å². The van der Waals surface area contributed by atoms with Gasteiger partial charge in [0.15, 0.2) is 0 Å². The lowest BCUT2D eigenvalue weighted by molar-refractivity contribution is 0.487. The molecule has 48 valence electrons. The summed E-state index contributed by atoms with van der Waals surface area (Å²) in [6.45, 7) is 0. The Hall–Kier alpha value is -1.22. The van der Waals surface area contributed by atoms with Crippen molar-refractivity contribution in [2.45, 2.75) is 0 Å². The molecule has 0 spiro atoms. The molecule has 0 aliphatic carbocycles. The molecule has 0 atom stereocenters. The molecular formula is C6H9N3. The molecule has 3 nitrogen and oxygen atoms in total. The van der Waals surface area contributed by atoms with Crippen LogP contribution in [0.1, 0.15) is 0 Å². The van der Waals surface area contributed by atoms with E-state index in [1.165, 1.54) is 5.01 Å². The molecule has 0 fully saturated rings. The van der Waals surface area contributed by atoms with Crippen molar-refractivity contribution >= 4 is 0 Å². The third-order valence-corrected chi connectivity index (χ3v) is 1.03. The molecule has 1 aliphatic heterocycles. The number of allylic oxidation sites excluding steroid dienone is 4. The number of nitrogens with zero attached hydrogens (tertiary/aromatic N) is 1. The number of hydrogen-bond acceptors (Lipinski definition) is 3. The van der Waals surface area contributed by atoms with Crippen LogP contribution in [0, 0.1) is 0 Å². The van der Waals surface area contributed by atoms with E-state index >= 15 is 0 Å². The monoisotopic (exact) mass is 123 g/mol. The number of nitrogens with two attached hydrogens (primary N) is 2. The molecule has 0 saturated carbocycles. The van der Waals surface area contributed by atoms with E-state index in [0.29, 0.717) is 5.82 Å². The van der Waals surface area contributed by atoms with Gasteiger partial charge in [-0.1, -0.05) is 12.2 Å². The summed E-state index contributed by atoms with van der Waals surface area (Å²) in [6, 6.07) is 0. The molecule has 0 amide bonds. The summed E-state index contributed by atoms with van der Waals surface area (Å²) < 4.78 is 0. The van der Waals surface area contributed by atoms with Crippen molar-refractivity contribution in [3.8, 4) is 0 Å². The second kappa shape index (κ2) is 2.37. The first kappa shape index (κ1) is 5.91. The summed E-state index contributed by atoms with van der Waals surface area (Å²) in [7, 11) is 0. The second-order valence-electron chi connectivity index (χ2n) is 1.73. The number of hydrazine groups is 1. The van der Waals surface area contributed by atoms with Crippen molar-refractivity contribution in [3.05, 3.63) is 36.3 Å². The molecule has 0 bridgehead atoms. The molecule has 0 aromatic heterocycles. The number of rotatable bonds is 0. The average Bonchev–Trinajstić information content (AvgIpc) is 1.99. The van der Waals surface area contributed by atoms with Crippen LogP contribution in [0.25, 0.3) is 0 Å². The topological polar surface area (TPSA) is 55.3 Å². The number of hydrogen-bond donors (Lipinski definition) is 2. The fourth-order valence-electron chi connectivity index (χ4n) is 0.533. The van der Waals surface area contributed by atoms with E-state index in [2.05, 4.69) is 0 Å². The minimum Gasteiger partial charge on any atom is -0.384 e. The molecule has 0 aromatic rings. The Bertz CT molecular complexity index is 179. The second-order valence-corrected chi connectivity index (χ2v) is 1.73. The van der Waals surface area contributed by atoms with Gasteiger partial charge < -0.3 is 5.73 Å². The molecule has 1 heterocycles. The Morgan fingerprint density at radius 1 is 1.22 bits per heavy atom. The van der Waals surface area contributed by atoms with Gasteiger partial charge in [-0.3, -0.25) is 5.01 Å². The highest BCUT2D eigenvalue weighted by Crippen LogP contribution is 1.96. The molecule has 4 N–H and O–H groups in total. The highest BCUT2D eigenvalue weighted by Gasteiger charge is 1.93. The molecule has 0 radical (unpaired) electrons. The van der Waals surface area contributed by atoms with E-state index in [4.69, 9.17) is 11.6 Å². The predicted molar refractivity (Wildman–Crippen MR) is 36.6 cm³/mol. The van der Waals surface area contributed by atoms with Crippen LogP contribution < -0.4 is 11.6 Å². The van der Waals surface area contributed by atoms with E-state index in [1.54, 1.807) is 12.3 Å². The Morgan fingerprint density at radius 3 is 2.78 bits per heavy atom. The van der Waals surface area contributed by atoms with Crippen molar-refractivity contribution in [1.29, 1.82) is 0 Å². The quantitative estimate of drug-likeness (QED) is 0.447. The highest BCUT2D eigenvalue weighted by atomic mass is 15.4. The lowest BCUT2D eigenvalue weighted by Crippen LogP contribution is -2.28. The van der Waals surface area contributed by atoms with Gasteiger partial charge in [0.2, 0.25) is 0 Å². The van der Waals surface area contributed by atoms with E-state index in [0.717, 1.165) is 0 Å². The van der Waals surface area contributed by atoms with Gasteiger partial charge in [0, 0.05) is 6.20 Å². The van der Waals surface area contributed by atoms with Gasteiger partial charge in [-0.05, 0) is 12.2 Å². The van der Waals surface area contributed by atoms with Gasteiger partial charge in [0.25, 0.3) is 0 Å². The Labute approximate surface area is 53.9 Å². The lowest BCUT2D eigenvalue weighted by Gasteiger charge is -2.10. The maximum atomic E-state index is 5.44. The standard InChI is InChI=1S/C6H9N3/c7-6-4-2-1-3-5-9(6)8/h1-5H,7-8H2. The van der Waals surface area contributed by atoms with Crippen LogP contribution in [0.4, 0.5) is 0 Å². The Balaban J connectivity index is 2.80. The fraction of sp³-hybridized carbons (Fsp3) is 0. The van der Waals surface area contributed by atoms with Crippen molar-refractivity contribution in [2.24, 2.45) is 11.6 Å². The van der Waals surface area contributed by atoms with E-state index < -0.39 is 0 Å². The minimum absolute atomic E-state index is 0.542. The molecular weight excluding hydrogens is 114 g/mol. The molecule has 3 heteroatoms. The zero-order chi connectivity index (χ0) is 6.69. The van der Waals surface area contributed by atoms with Crippen LogP contribution in [0.5, 0.6) is 0 Å². The van der Waals surface area contributed by atoms with Crippen molar-refractivity contribution in [3.63, 3.8) is 0 Å². The third kappa shape index (κ3) is 1.33. The third-order valence-electron chi connectivity index (χ3n) is 1.03. The molecule has 0 aromatic carbocycles. The zero-order valence-corrected chi connectivity index (χ0v) is 4.99. The minimum atomic E-state index is 0.542. The summed E-state index contributed by atoms with van der Waals surface area (Å²) >= 11 is 0. The van der Waals surface area contributed by atoms with Gasteiger partial charge in [-0.2, -0.15) is 0 Å². The van der Waals surface area contributed by atoms with Gasteiger partial charge in [0.1, 0.15) is 5.82 Å². The fourth-order valence-corrected chi connectivity index (χ4v) is 0.533. The van der Waals surface area contributed by atoms with E-state index in [1.807, 2.05) is 18.2 Å². The van der Waals surface area contributed by atoms with Gasteiger partial charge in [-0.15, -0.1) is 0 Å². The largest absolute Gasteiger partial charge is 0.384 e. The van der Waals surface area contributed by atoms with Crippen LogP contribution in [0.15, 0.2) is 36.3 Å². The lowest BCUT2D eigenvalue weighted by atomic mass is 10.5. The Kier molecular flexibility index (Phi) is 1.55. The molecule has 0 saturated heterocycles. The van der Waals surface area contributed by atoms with Gasteiger partial charge >= 0.3 is 0 Å². The molecule has 1 rings (SSSR count). The normalized spacial score (nSPS) is 17.4. The molecule has 0 unspecified atom stereocenters. The van der Waals surface area contributed by atoms with Crippen molar-refractivity contribution in [2.75, 3.05) is 0 Å². The van der Waals surface area contributed by atoms with Gasteiger partial charge in [-0.25, -0.2) is 5.84 Å². The van der Waals surface area contributed by atoms with Crippen LogP contribution in [-0.4, -0.2) is 5.01 Å². The SMILES string of the molecule is NC1=CC=CC=CN1N. The van der Waals surface area contributed by atoms with Crippen LogP contribution in [0.3, 0.4) is 0 Å². The van der Waals surface area contributed by atoms with Crippen LogP contribution in [0.2, 0.25) is 0 Å². The Morgan fingerprint density at radius 2 is 2.00 bits per heavy atom. The zero-order valence-electron chi connectivity index (χ0n) is 4.99. The molecule has 1 aliphatic rings. The highest BCUT2D eigenvalue weighted by molar-refractivity contribution is 5.18. The van der Waals surface area contributed by atoms with Crippen molar-refractivity contribution < 1.29 is 0 Å². The summed E-state index contributed by atoms with van der Waals surface area (Å²) in [5.74, 6) is 5.93. The maximum Gasteiger partial charge on any atom is 0.117 e. The first-order valence-electron chi connectivity index (χ1n) is 2.65. The molecule has 9 heavy (non-hydrogen) atoms. The van der Waals surface area contributed by atoms with Crippen molar-refractivity contribution in [1.82, 2.24) is 5.01 Å². The van der Waals surface area contributed by atoms with E-state index in [-0.39, 0.29) is 0 Å². The average molecular weight is 123 g/mol. The first-order valence-corrected chi connectivity index (χ1v) is 2.65. The van der Waals surface area contributed by atoms with Crippen LogP contribution in [-0.2, 0) is 0 Å². The van der Waals surface area contributed by atoms with Crippen LogP contribution >= 0.6 is 0 Å². The summed E-state index contributed by atoms with van der Waals surface area (Å²) in [6.07, 6.45) is 8.93. The first-order chi connectivity index (χ1) is 4.30. The summed E-state index contributed by atoms with van der Waals surface area (Å²) in [5, 5.41) is 1.36. The van der Waals surface area contributed by atoms with Gasteiger partial charge in [0.05, 0.1) is 0 Å². The maximum absolute atomic E-state index is 5.44. The summed E-state index contributed by atoms with van der Waals surface area (Å²) in [5.41, 5.74) is 5.44. The predicted octanol–water partition coefficient (Wildman–Crippen LogP) is 0.0457. The summed E-state index contributed by atoms with van der Waals surface area (Å²) in [4.78, 5) is 0.